The average molecular weight is 345 g/mol. The first kappa shape index (κ1) is 18.5. The van der Waals surface area contributed by atoms with Gasteiger partial charge in [0.05, 0.1) is 11.5 Å². The molecule has 0 aliphatic carbocycles. The van der Waals surface area contributed by atoms with E-state index in [1.54, 1.807) is 12.1 Å². The largest absolute Gasteiger partial charge is 0.325 e. The van der Waals surface area contributed by atoms with Crippen LogP contribution in [-0.4, -0.2) is 17.4 Å². The number of nitro benzene ring substituents is 1. The third kappa shape index (κ3) is 5.36. The van der Waals surface area contributed by atoms with Gasteiger partial charge in [-0.3, -0.25) is 14.9 Å². The summed E-state index contributed by atoms with van der Waals surface area (Å²) in [6.07, 6.45) is 0. The zero-order valence-corrected chi connectivity index (χ0v) is 14.0. The summed E-state index contributed by atoms with van der Waals surface area (Å²) in [6, 6.07) is 11.7. The minimum Gasteiger partial charge on any atom is -0.325 e. The quantitative estimate of drug-likeness (QED) is 0.592. The van der Waals surface area contributed by atoms with Crippen LogP contribution in [0.25, 0.3) is 0 Å². The lowest BCUT2D eigenvalue weighted by Crippen LogP contribution is -2.33. The van der Waals surface area contributed by atoms with Gasteiger partial charge in [0.15, 0.2) is 0 Å². The molecule has 0 saturated heterocycles. The SMILES string of the molecule is CC(C)[C@@H](NCC(=O)Nc1ccc([N+](=O)[O-])cc1)c1ccc(F)cc1. The third-order valence-corrected chi connectivity index (χ3v) is 3.74. The van der Waals surface area contributed by atoms with E-state index in [0.717, 1.165) is 5.56 Å². The van der Waals surface area contributed by atoms with Crippen molar-refractivity contribution in [2.45, 2.75) is 19.9 Å². The van der Waals surface area contributed by atoms with Gasteiger partial charge in [-0.1, -0.05) is 26.0 Å². The van der Waals surface area contributed by atoms with Crippen LogP contribution in [0.3, 0.4) is 0 Å². The molecular formula is C18H20FN3O3. The molecule has 0 bridgehead atoms. The molecule has 2 N–H and O–H groups in total. The highest BCUT2D eigenvalue weighted by Crippen LogP contribution is 2.22. The fourth-order valence-electron chi connectivity index (χ4n) is 2.48. The van der Waals surface area contributed by atoms with Gasteiger partial charge in [-0.15, -0.1) is 0 Å². The van der Waals surface area contributed by atoms with Crippen LogP contribution >= 0.6 is 0 Å². The fourth-order valence-corrected chi connectivity index (χ4v) is 2.48. The molecule has 2 aromatic carbocycles. The molecule has 2 aromatic rings. The Morgan fingerprint density at radius 1 is 1.12 bits per heavy atom. The number of carbonyl (C=O) groups is 1. The van der Waals surface area contributed by atoms with E-state index in [2.05, 4.69) is 10.6 Å². The smallest absolute Gasteiger partial charge is 0.269 e. The molecule has 0 aliphatic rings. The molecule has 0 radical (unpaired) electrons. The number of rotatable bonds is 7. The number of nitrogens with one attached hydrogen (secondary N) is 2. The molecule has 0 unspecified atom stereocenters. The molecule has 7 heteroatoms. The first-order valence-electron chi connectivity index (χ1n) is 7.90. The standard InChI is InChI=1S/C18H20FN3O3/c1-12(2)18(13-3-5-14(19)6-4-13)20-11-17(23)21-15-7-9-16(10-8-15)22(24)25/h3-10,12,18,20H,11H2,1-2H3,(H,21,23)/t18-/m1/s1. The topological polar surface area (TPSA) is 84.3 Å². The summed E-state index contributed by atoms with van der Waals surface area (Å²) in [6.45, 7) is 4.09. The van der Waals surface area contributed by atoms with Gasteiger partial charge >= 0.3 is 0 Å². The van der Waals surface area contributed by atoms with Crippen molar-refractivity contribution >= 4 is 17.3 Å². The maximum atomic E-state index is 13.1. The highest BCUT2D eigenvalue weighted by Gasteiger charge is 2.17. The van der Waals surface area contributed by atoms with E-state index in [4.69, 9.17) is 0 Å². The van der Waals surface area contributed by atoms with Crippen LogP contribution in [0.1, 0.15) is 25.5 Å². The van der Waals surface area contributed by atoms with Gasteiger partial charge in [-0.25, -0.2) is 4.39 Å². The molecule has 0 fully saturated rings. The lowest BCUT2D eigenvalue weighted by Gasteiger charge is -2.22. The van der Waals surface area contributed by atoms with Crippen molar-refractivity contribution < 1.29 is 14.1 Å². The van der Waals surface area contributed by atoms with Crippen LogP contribution in [-0.2, 0) is 4.79 Å². The van der Waals surface area contributed by atoms with Crippen LogP contribution in [0, 0.1) is 21.8 Å². The predicted octanol–water partition coefficient (Wildman–Crippen LogP) is 3.66. The van der Waals surface area contributed by atoms with Gasteiger partial charge in [-0.2, -0.15) is 0 Å². The van der Waals surface area contributed by atoms with Crippen molar-refractivity contribution in [1.29, 1.82) is 0 Å². The minimum atomic E-state index is -0.497. The number of hydrogen-bond donors (Lipinski definition) is 2. The minimum absolute atomic E-state index is 0.0349. The molecule has 6 nitrogen and oxygen atoms in total. The molecule has 0 heterocycles. The number of nitro groups is 1. The van der Waals surface area contributed by atoms with Crippen molar-refractivity contribution in [3.8, 4) is 0 Å². The number of amides is 1. The molecular weight excluding hydrogens is 325 g/mol. The summed E-state index contributed by atoms with van der Waals surface area (Å²) in [5, 5.41) is 16.5. The Kier molecular flexibility index (Phi) is 6.19. The maximum absolute atomic E-state index is 13.1. The molecule has 0 spiro atoms. The second-order valence-corrected chi connectivity index (χ2v) is 6.01. The van der Waals surface area contributed by atoms with Crippen LogP contribution in [0.4, 0.5) is 15.8 Å². The summed E-state index contributed by atoms with van der Waals surface area (Å²) in [4.78, 5) is 22.2. The van der Waals surface area contributed by atoms with E-state index in [9.17, 15) is 19.3 Å². The van der Waals surface area contributed by atoms with Gasteiger partial charge < -0.3 is 10.6 Å². The molecule has 25 heavy (non-hydrogen) atoms. The normalized spacial score (nSPS) is 12.0. The van der Waals surface area contributed by atoms with Gasteiger partial charge in [0.1, 0.15) is 5.82 Å². The molecule has 0 aliphatic heterocycles. The Hall–Kier alpha value is -2.80. The summed E-state index contributed by atoms with van der Waals surface area (Å²) in [5.41, 5.74) is 1.35. The predicted molar refractivity (Wildman–Crippen MR) is 93.7 cm³/mol. The summed E-state index contributed by atoms with van der Waals surface area (Å²) in [5.74, 6) is -0.360. The highest BCUT2D eigenvalue weighted by molar-refractivity contribution is 5.92. The molecule has 132 valence electrons. The summed E-state index contributed by atoms with van der Waals surface area (Å²) < 4.78 is 13.1. The number of anilines is 1. The van der Waals surface area contributed by atoms with Crippen LogP contribution < -0.4 is 10.6 Å². The second-order valence-electron chi connectivity index (χ2n) is 6.01. The number of hydrogen-bond acceptors (Lipinski definition) is 4. The lowest BCUT2D eigenvalue weighted by atomic mass is 9.96. The molecule has 1 atom stereocenters. The summed E-state index contributed by atoms with van der Waals surface area (Å²) in [7, 11) is 0. The zero-order chi connectivity index (χ0) is 18.4. The lowest BCUT2D eigenvalue weighted by molar-refractivity contribution is -0.384. The number of carbonyl (C=O) groups excluding carboxylic acids is 1. The summed E-state index contributed by atoms with van der Waals surface area (Å²) >= 11 is 0. The van der Waals surface area contributed by atoms with Gasteiger partial charge in [0, 0.05) is 23.9 Å². The average Bonchev–Trinajstić information content (AvgIpc) is 2.57. The Morgan fingerprint density at radius 2 is 1.72 bits per heavy atom. The van der Waals surface area contributed by atoms with E-state index in [1.807, 2.05) is 13.8 Å². The van der Waals surface area contributed by atoms with E-state index < -0.39 is 4.92 Å². The zero-order valence-electron chi connectivity index (χ0n) is 14.0. The number of halogens is 1. The molecule has 2 rings (SSSR count). The maximum Gasteiger partial charge on any atom is 0.269 e. The monoisotopic (exact) mass is 345 g/mol. The fraction of sp³-hybridized carbons (Fsp3) is 0.278. The highest BCUT2D eigenvalue weighted by atomic mass is 19.1. The first-order chi connectivity index (χ1) is 11.9. The van der Waals surface area contributed by atoms with E-state index in [0.29, 0.717) is 5.69 Å². The van der Waals surface area contributed by atoms with Crippen molar-refractivity contribution in [3.63, 3.8) is 0 Å². The van der Waals surface area contributed by atoms with Crippen LogP contribution in [0.2, 0.25) is 0 Å². The van der Waals surface area contributed by atoms with Crippen LogP contribution in [0.5, 0.6) is 0 Å². The Balaban J connectivity index is 1.94. The third-order valence-electron chi connectivity index (χ3n) is 3.74. The van der Waals surface area contributed by atoms with Crippen molar-refractivity contribution in [3.05, 3.63) is 70.0 Å². The van der Waals surface area contributed by atoms with Gasteiger partial charge in [-0.05, 0) is 35.7 Å². The number of nitrogens with zero attached hydrogens (tertiary/aromatic N) is 1. The van der Waals surface area contributed by atoms with E-state index in [-0.39, 0.29) is 35.9 Å². The first-order valence-corrected chi connectivity index (χ1v) is 7.90. The van der Waals surface area contributed by atoms with E-state index >= 15 is 0 Å². The molecule has 1 amide bonds. The Morgan fingerprint density at radius 3 is 2.24 bits per heavy atom. The number of benzene rings is 2. The second kappa shape index (κ2) is 8.34. The van der Waals surface area contributed by atoms with Crippen molar-refractivity contribution in [2.75, 3.05) is 11.9 Å². The van der Waals surface area contributed by atoms with E-state index in [1.165, 1.54) is 36.4 Å². The molecule has 0 aromatic heterocycles. The Bertz CT molecular complexity index is 730. The van der Waals surface area contributed by atoms with Crippen LogP contribution in [0.15, 0.2) is 48.5 Å². The van der Waals surface area contributed by atoms with Crippen molar-refractivity contribution in [1.82, 2.24) is 5.32 Å². The molecule has 0 saturated carbocycles. The number of non-ortho nitro benzene ring substituents is 1. The van der Waals surface area contributed by atoms with Gasteiger partial charge in [0.2, 0.25) is 5.91 Å². The van der Waals surface area contributed by atoms with Crippen molar-refractivity contribution in [2.24, 2.45) is 5.92 Å². The Labute approximate surface area is 145 Å². The van der Waals surface area contributed by atoms with Gasteiger partial charge in [0.25, 0.3) is 5.69 Å².